The molecule has 142 valence electrons. The van der Waals surface area contributed by atoms with Gasteiger partial charge in [0.1, 0.15) is 5.82 Å². The third kappa shape index (κ3) is 4.52. The van der Waals surface area contributed by atoms with E-state index in [0.29, 0.717) is 49.7 Å². The van der Waals surface area contributed by atoms with Crippen LogP contribution in [0.5, 0.6) is 0 Å². The maximum absolute atomic E-state index is 12.1. The minimum atomic E-state index is -0.740. The number of aromatic nitrogens is 2. The molecule has 2 N–H and O–H groups in total. The molecule has 1 aliphatic heterocycles. The highest BCUT2D eigenvalue weighted by Gasteiger charge is 2.25. The zero-order valence-electron chi connectivity index (χ0n) is 15.1. The first-order valence-electron chi connectivity index (χ1n) is 8.92. The highest BCUT2D eigenvalue weighted by Crippen LogP contribution is 2.24. The quantitative estimate of drug-likeness (QED) is 0.748. The van der Waals surface area contributed by atoms with Gasteiger partial charge in [0, 0.05) is 19.3 Å². The van der Waals surface area contributed by atoms with Crippen molar-refractivity contribution in [3.8, 4) is 0 Å². The molecule has 0 aliphatic carbocycles. The third-order valence-corrected chi connectivity index (χ3v) is 4.48. The van der Waals surface area contributed by atoms with E-state index in [9.17, 15) is 9.59 Å². The predicted octanol–water partition coefficient (Wildman–Crippen LogP) is 2.70. The lowest BCUT2D eigenvalue weighted by Gasteiger charge is -2.31. The van der Waals surface area contributed by atoms with E-state index >= 15 is 0 Å². The van der Waals surface area contributed by atoms with Gasteiger partial charge in [-0.2, -0.15) is 4.98 Å². The normalized spacial score (nSPS) is 14.6. The molecular weight excluding hydrogens is 348 g/mol. The number of para-hydroxylation sites is 1. The molecular formula is C19H22N4O4. The topological polar surface area (TPSA) is 105 Å². The summed E-state index contributed by atoms with van der Waals surface area (Å²) < 4.78 is 5.08. The van der Waals surface area contributed by atoms with Gasteiger partial charge in [-0.3, -0.25) is 4.79 Å². The molecule has 3 rings (SSSR count). The summed E-state index contributed by atoms with van der Waals surface area (Å²) in [6.45, 7) is 3.32. The Morgan fingerprint density at radius 2 is 2.00 bits per heavy atom. The molecule has 8 heteroatoms. The summed E-state index contributed by atoms with van der Waals surface area (Å²) in [5, 5.41) is 12.2. The molecule has 0 spiro atoms. The van der Waals surface area contributed by atoms with Crippen LogP contribution in [-0.2, 0) is 9.53 Å². The summed E-state index contributed by atoms with van der Waals surface area (Å²) in [6.07, 6.45) is 2.82. The van der Waals surface area contributed by atoms with Crippen LogP contribution >= 0.6 is 0 Å². The molecule has 1 saturated heterocycles. The van der Waals surface area contributed by atoms with Crippen LogP contribution < -0.4 is 10.2 Å². The van der Waals surface area contributed by atoms with Gasteiger partial charge >= 0.3 is 11.9 Å². The van der Waals surface area contributed by atoms with Crippen LogP contribution in [0.2, 0.25) is 0 Å². The van der Waals surface area contributed by atoms with Gasteiger partial charge in [-0.25, -0.2) is 9.78 Å². The fourth-order valence-electron chi connectivity index (χ4n) is 3.04. The molecule has 1 fully saturated rings. The van der Waals surface area contributed by atoms with Crippen molar-refractivity contribution in [1.29, 1.82) is 0 Å². The number of ether oxygens (including phenoxy) is 1. The van der Waals surface area contributed by atoms with Crippen molar-refractivity contribution >= 4 is 29.4 Å². The van der Waals surface area contributed by atoms with E-state index in [1.54, 1.807) is 37.4 Å². The van der Waals surface area contributed by atoms with Crippen LogP contribution in [0.25, 0.3) is 0 Å². The summed E-state index contributed by atoms with van der Waals surface area (Å²) >= 11 is 0. The van der Waals surface area contributed by atoms with Crippen molar-refractivity contribution in [3.63, 3.8) is 0 Å². The number of benzene rings is 1. The van der Waals surface area contributed by atoms with Crippen molar-refractivity contribution in [2.75, 3.05) is 29.9 Å². The van der Waals surface area contributed by atoms with Gasteiger partial charge < -0.3 is 20.1 Å². The van der Waals surface area contributed by atoms with Crippen molar-refractivity contribution in [2.24, 2.45) is 5.92 Å². The Morgan fingerprint density at radius 3 is 2.70 bits per heavy atom. The first kappa shape index (κ1) is 18.6. The van der Waals surface area contributed by atoms with E-state index in [4.69, 9.17) is 9.84 Å². The number of hydrogen-bond acceptors (Lipinski definition) is 7. The first-order valence-corrected chi connectivity index (χ1v) is 8.92. The van der Waals surface area contributed by atoms with Crippen LogP contribution in [0.15, 0.2) is 36.5 Å². The van der Waals surface area contributed by atoms with Crippen molar-refractivity contribution in [1.82, 2.24) is 9.97 Å². The number of carboxylic acid groups (broad SMARTS) is 1. The smallest absolute Gasteiger partial charge is 0.340 e. The van der Waals surface area contributed by atoms with Gasteiger partial charge in [0.25, 0.3) is 0 Å². The molecule has 0 unspecified atom stereocenters. The maximum atomic E-state index is 12.1. The van der Waals surface area contributed by atoms with Gasteiger partial charge in [-0.05, 0) is 38.0 Å². The third-order valence-electron chi connectivity index (χ3n) is 4.48. The van der Waals surface area contributed by atoms with E-state index in [0.717, 1.165) is 5.82 Å². The van der Waals surface area contributed by atoms with E-state index in [-0.39, 0.29) is 5.92 Å². The summed E-state index contributed by atoms with van der Waals surface area (Å²) in [5.41, 5.74) is 0.980. The number of hydrogen-bond donors (Lipinski definition) is 2. The Labute approximate surface area is 157 Å². The molecule has 2 aromatic rings. The molecule has 1 aliphatic rings. The Kier molecular flexibility index (Phi) is 5.85. The zero-order valence-corrected chi connectivity index (χ0v) is 15.1. The monoisotopic (exact) mass is 370 g/mol. The van der Waals surface area contributed by atoms with Crippen LogP contribution in [0, 0.1) is 5.92 Å². The lowest BCUT2D eigenvalue weighted by Crippen LogP contribution is -2.36. The number of anilines is 3. The first-order chi connectivity index (χ1) is 13.1. The van der Waals surface area contributed by atoms with Crippen LogP contribution in [-0.4, -0.2) is 46.7 Å². The molecule has 0 saturated carbocycles. The summed E-state index contributed by atoms with van der Waals surface area (Å²) in [6, 6.07) is 8.82. The molecule has 1 aromatic carbocycles. The molecule has 8 nitrogen and oxygen atoms in total. The average Bonchev–Trinajstić information content (AvgIpc) is 2.69. The number of nitrogens with one attached hydrogen (secondary N) is 1. The fraction of sp³-hybridized carbons (Fsp3) is 0.368. The molecule has 0 amide bonds. The summed E-state index contributed by atoms with van der Waals surface area (Å²) in [7, 11) is 0. The van der Waals surface area contributed by atoms with Crippen molar-refractivity contribution < 1.29 is 19.4 Å². The van der Waals surface area contributed by atoms with Crippen molar-refractivity contribution in [3.05, 3.63) is 42.1 Å². The van der Waals surface area contributed by atoms with Crippen LogP contribution in [0.1, 0.15) is 30.1 Å². The van der Waals surface area contributed by atoms with Gasteiger partial charge in [-0.1, -0.05) is 12.1 Å². The van der Waals surface area contributed by atoms with E-state index in [2.05, 4.69) is 15.3 Å². The predicted molar refractivity (Wildman–Crippen MR) is 100 cm³/mol. The number of carboxylic acids is 1. The van der Waals surface area contributed by atoms with E-state index in [1.807, 2.05) is 11.0 Å². The molecule has 0 bridgehead atoms. The molecule has 1 aromatic heterocycles. The Bertz CT molecular complexity index is 819. The molecule has 0 radical (unpaired) electrons. The number of nitrogens with zero attached hydrogens (tertiary/aromatic N) is 3. The molecule has 0 atom stereocenters. The average molecular weight is 370 g/mol. The van der Waals surface area contributed by atoms with E-state index in [1.165, 1.54) is 0 Å². The van der Waals surface area contributed by atoms with Crippen LogP contribution in [0.3, 0.4) is 0 Å². The standard InChI is InChI=1S/C19H22N4O4/c1-2-27-18(26)14-5-3-4-6-15(14)21-19-20-10-7-16(22-19)23-11-8-13(9-12-23)17(24)25/h3-7,10,13H,2,8-9,11-12H2,1H3,(H,24,25)(H,20,21,22). The zero-order chi connectivity index (χ0) is 19.2. The summed E-state index contributed by atoms with van der Waals surface area (Å²) in [4.78, 5) is 34.0. The largest absolute Gasteiger partial charge is 0.481 e. The molecule has 2 heterocycles. The summed E-state index contributed by atoms with van der Waals surface area (Å²) in [5.74, 6) is -0.352. The number of aliphatic carboxylic acids is 1. The number of piperidine rings is 1. The van der Waals surface area contributed by atoms with Gasteiger partial charge in [0.05, 0.1) is 23.8 Å². The second-order valence-corrected chi connectivity index (χ2v) is 6.23. The van der Waals surface area contributed by atoms with Crippen molar-refractivity contribution in [2.45, 2.75) is 19.8 Å². The number of carbonyl (C=O) groups excluding carboxylic acids is 1. The van der Waals surface area contributed by atoms with Gasteiger partial charge in [-0.15, -0.1) is 0 Å². The van der Waals surface area contributed by atoms with Crippen LogP contribution in [0.4, 0.5) is 17.5 Å². The Balaban J connectivity index is 1.74. The second kappa shape index (κ2) is 8.48. The SMILES string of the molecule is CCOC(=O)c1ccccc1Nc1nccc(N2CCC(C(=O)O)CC2)n1. The minimum absolute atomic E-state index is 0.294. The van der Waals surface area contributed by atoms with Gasteiger partial charge in [0.15, 0.2) is 0 Å². The number of carbonyl (C=O) groups is 2. The van der Waals surface area contributed by atoms with Gasteiger partial charge in [0.2, 0.25) is 5.95 Å². The Morgan fingerprint density at radius 1 is 1.26 bits per heavy atom. The number of rotatable bonds is 6. The maximum Gasteiger partial charge on any atom is 0.340 e. The lowest BCUT2D eigenvalue weighted by molar-refractivity contribution is -0.142. The second-order valence-electron chi connectivity index (χ2n) is 6.23. The minimum Gasteiger partial charge on any atom is -0.481 e. The highest BCUT2D eigenvalue weighted by atomic mass is 16.5. The lowest BCUT2D eigenvalue weighted by atomic mass is 9.97. The highest BCUT2D eigenvalue weighted by molar-refractivity contribution is 5.96. The number of esters is 1. The Hall–Kier alpha value is -3.16. The fourth-order valence-corrected chi connectivity index (χ4v) is 3.04. The van der Waals surface area contributed by atoms with E-state index < -0.39 is 11.9 Å². The molecule has 27 heavy (non-hydrogen) atoms.